The zero-order valence-corrected chi connectivity index (χ0v) is 9.23. The molecule has 4 nitrogen and oxygen atoms in total. The molecule has 1 N–H and O–H groups in total. The first-order chi connectivity index (χ1) is 8.25. The molecule has 3 aromatic rings. The van der Waals surface area contributed by atoms with Gasteiger partial charge in [0.1, 0.15) is 0 Å². The third-order valence-corrected chi connectivity index (χ3v) is 2.84. The van der Waals surface area contributed by atoms with Crippen LogP contribution in [0.15, 0.2) is 45.7 Å². The fraction of sp³-hybridized carbons (Fsp3) is 0.0769. The minimum Gasteiger partial charge on any atom is -0.296 e. The van der Waals surface area contributed by atoms with Crippen LogP contribution in [-0.2, 0) is 0 Å². The minimum absolute atomic E-state index is 0.464. The number of H-pyrrole nitrogens is 1. The first-order valence-corrected chi connectivity index (χ1v) is 5.30. The summed E-state index contributed by atoms with van der Waals surface area (Å²) in [6.07, 6.45) is 0. The molecular weight excluding hydrogens is 216 g/mol. The highest BCUT2D eigenvalue weighted by Crippen LogP contribution is 2.27. The fourth-order valence-corrected chi connectivity index (χ4v) is 2.00. The lowest BCUT2D eigenvalue weighted by molar-refractivity contribution is 0.388. The average Bonchev–Trinajstić information content (AvgIpc) is 2.77. The Morgan fingerprint density at radius 1 is 1.12 bits per heavy atom. The number of nitrogens with one attached hydrogen (secondary N) is 1. The Balaban J connectivity index is 2.38. The zero-order valence-electron chi connectivity index (χ0n) is 9.23. The van der Waals surface area contributed by atoms with Crippen molar-refractivity contribution in [3.05, 3.63) is 52.5 Å². The van der Waals surface area contributed by atoms with Crippen molar-refractivity contribution < 1.29 is 4.52 Å². The molecule has 0 saturated heterocycles. The number of aryl methyl sites for hydroxylation is 1. The van der Waals surface area contributed by atoms with Crippen LogP contribution in [0, 0.1) is 6.92 Å². The molecule has 0 unspecified atom stereocenters. The molecular formula is C13H10N2O2. The second kappa shape index (κ2) is 3.59. The van der Waals surface area contributed by atoms with Crippen LogP contribution in [0.25, 0.3) is 22.2 Å². The summed E-state index contributed by atoms with van der Waals surface area (Å²) in [5.74, 6) is -0.0733. The Hall–Kier alpha value is -2.36. The van der Waals surface area contributed by atoms with Gasteiger partial charge in [-0.05, 0) is 23.3 Å². The lowest BCUT2D eigenvalue weighted by Crippen LogP contribution is -1.95. The van der Waals surface area contributed by atoms with E-state index in [1.54, 1.807) is 0 Å². The molecule has 0 spiro atoms. The summed E-state index contributed by atoms with van der Waals surface area (Å²) >= 11 is 0. The number of aromatic nitrogens is 2. The van der Waals surface area contributed by atoms with E-state index in [4.69, 9.17) is 0 Å². The molecule has 0 aliphatic rings. The van der Waals surface area contributed by atoms with Crippen molar-refractivity contribution in [2.75, 3.05) is 0 Å². The van der Waals surface area contributed by atoms with Gasteiger partial charge in [-0.15, -0.1) is 0 Å². The minimum atomic E-state index is -0.537. The molecule has 4 heteroatoms. The smallest absolute Gasteiger partial charge is 0.296 e. The SMILES string of the molecule is Cc1ccc(-c2noc(=O)[nH]2)c2ccccc12. The van der Waals surface area contributed by atoms with Crippen LogP contribution in [0.5, 0.6) is 0 Å². The molecule has 0 amide bonds. The van der Waals surface area contributed by atoms with E-state index in [1.165, 1.54) is 5.56 Å². The lowest BCUT2D eigenvalue weighted by Gasteiger charge is -2.05. The van der Waals surface area contributed by atoms with Crippen LogP contribution in [0.1, 0.15) is 5.56 Å². The second-order valence-electron chi connectivity index (χ2n) is 3.92. The summed E-state index contributed by atoms with van der Waals surface area (Å²) in [4.78, 5) is 13.6. The van der Waals surface area contributed by atoms with Gasteiger partial charge in [0.25, 0.3) is 0 Å². The topological polar surface area (TPSA) is 58.9 Å². The van der Waals surface area contributed by atoms with Gasteiger partial charge in [-0.25, -0.2) is 4.79 Å². The van der Waals surface area contributed by atoms with Crippen molar-refractivity contribution in [3.8, 4) is 11.4 Å². The Kier molecular flexibility index (Phi) is 2.08. The molecule has 3 rings (SSSR count). The predicted molar refractivity (Wildman–Crippen MR) is 64.8 cm³/mol. The van der Waals surface area contributed by atoms with Gasteiger partial charge >= 0.3 is 5.76 Å². The van der Waals surface area contributed by atoms with Crippen molar-refractivity contribution in [2.45, 2.75) is 6.92 Å². The van der Waals surface area contributed by atoms with Gasteiger partial charge in [0.05, 0.1) is 0 Å². The number of fused-ring (bicyclic) bond motifs is 1. The normalized spacial score (nSPS) is 10.9. The maximum atomic E-state index is 11.0. The van der Waals surface area contributed by atoms with Crippen LogP contribution < -0.4 is 5.76 Å². The molecule has 1 aromatic heterocycles. The molecule has 0 fully saturated rings. The molecule has 0 radical (unpaired) electrons. The van der Waals surface area contributed by atoms with Crippen molar-refractivity contribution >= 4 is 10.8 Å². The van der Waals surface area contributed by atoms with E-state index >= 15 is 0 Å². The molecule has 0 bridgehead atoms. The first-order valence-electron chi connectivity index (χ1n) is 5.30. The van der Waals surface area contributed by atoms with E-state index in [-0.39, 0.29) is 0 Å². The summed E-state index contributed by atoms with van der Waals surface area (Å²) in [6.45, 7) is 2.05. The highest BCUT2D eigenvalue weighted by atomic mass is 16.5. The fourth-order valence-electron chi connectivity index (χ4n) is 2.00. The number of nitrogens with zero attached hydrogens (tertiary/aromatic N) is 1. The van der Waals surface area contributed by atoms with Gasteiger partial charge in [0.2, 0.25) is 0 Å². The number of hydrogen-bond acceptors (Lipinski definition) is 3. The van der Waals surface area contributed by atoms with Crippen molar-refractivity contribution in [1.82, 2.24) is 10.1 Å². The standard InChI is InChI=1S/C13H10N2O2/c1-8-6-7-11(12-14-13(16)17-15-12)10-5-3-2-4-9(8)10/h2-7H,1H3,(H,14,15,16). The lowest BCUT2D eigenvalue weighted by atomic mass is 10.00. The van der Waals surface area contributed by atoms with E-state index in [1.807, 2.05) is 36.4 Å². The summed E-state index contributed by atoms with van der Waals surface area (Å²) < 4.78 is 4.54. The predicted octanol–water partition coefficient (Wildman–Crippen LogP) is 2.49. The summed E-state index contributed by atoms with van der Waals surface area (Å²) in [5, 5.41) is 5.92. The van der Waals surface area contributed by atoms with Gasteiger partial charge < -0.3 is 0 Å². The third-order valence-electron chi connectivity index (χ3n) is 2.84. The molecule has 0 saturated carbocycles. The largest absolute Gasteiger partial charge is 0.439 e. The number of rotatable bonds is 1. The van der Waals surface area contributed by atoms with Crippen molar-refractivity contribution in [3.63, 3.8) is 0 Å². The second-order valence-corrected chi connectivity index (χ2v) is 3.92. The number of benzene rings is 2. The van der Waals surface area contributed by atoms with Gasteiger partial charge in [-0.1, -0.05) is 41.6 Å². The van der Waals surface area contributed by atoms with Gasteiger partial charge in [0, 0.05) is 5.56 Å². The van der Waals surface area contributed by atoms with Crippen LogP contribution in [-0.4, -0.2) is 10.1 Å². The van der Waals surface area contributed by atoms with E-state index in [0.717, 1.165) is 16.3 Å². The molecule has 17 heavy (non-hydrogen) atoms. The average molecular weight is 226 g/mol. The van der Waals surface area contributed by atoms with Crippen LogP contribution >= 0.6 is 0 Å². The zero-order chi connectivity index (χ0) is 11.8. The Morgan fingerprint density at radius 2 is 1.88 bits per heavy atom. The van der Waals surface area contributed by atoms with E-state index in [9.17, 15) is 4.79 Å². The summed E-state index contributed by atoms with van der Waals surface area (Å²) in [7, 11) is 0. The monoisotopic (exact) mass is 226 g/mol. The first kappa shape index (κ1) is 9.84. The van der Waals surface area contributed by atoms with Gasteiger partial charge in [-0.2, -0.15) is 0 Å². The third kappa shape index (κ3) is 1.54. The Morgan fingerprint density at radius 3 is 2.59 bits per heavy atom. The Bertz CT molecular complexity index is 740. The molecule has 2 aromatic carbocycles. The van der Waals surface area contributed by atoms with E-state index in [0.29, 0.717) is 5.82 Å². The number of hydrogen-bond donors (Lipinski definition) is 1. The summed E-state index contributed by atoms with van der Waals surface area (Å²) in [5.41, 5.74) is 2.06. The quantitative estimate of drug-likeness (QED) is 0.693. The molecule has 84 valence electrons. The highest BCUT2D eigenvalue weighted by molar-refractivity contribution is 5.96. The van der Waals surface area contributed by atoms with E-state index < -0.39 is 5.76 Å². The summed E-state index contributed by atoms with van der Waals surface area (Å²) in [6, 6.07) is 11.9. The van der Waals surface area contributed by atoms with Crippen LogP contribution in [0.2, 0.25) is 0 Å². The van der Waals surface area contributed by atoms with Crippen molar-refractivity contribution in [1.29, 1.82) is 0 Å². The molecule has 0 atom stereocenters. The van der Waals surface area contributed by atoms with Gasteiger partial charge in [0.15, 0.2) is 5.82 Å². The molecule has 0 aliphatic heterocycles. The van der Waals surface area contributed by atoms with E-state index in [2.05, 4.69) is 21.6 Å². The maximum absolute atomic E-state index is 11.0. The van der Waals surface area contributed by atoms with Crippen molar-refractivity contribution in [2.24, 2.45) is 0 Å². The van der Waals surface area contributed by atoms with Crippen LogP contribution in [0.4, 0.5) is 0 Å². The van der Waals surface area contributed by atoms with Gasteiger partial charge in [-0.3, -0.25) is 9.51 Å². The molecule has 0 aliphatic carbocycles. The Labute approximate surface area is 96.9 Å². The molecule has 1 heterocycles. The maximum Gasteiger partial charge on any atom is 0.439 e. The number of aromatic amines is 1. The highest BCUT2D eigenvalue weighted by Gasteiger charge is 2.09. The van der Waals surface area contributed by atoms with Crippen LogP contribution in [0.3, 0.4) is 0 Å².